The molecule has 0 fully saturated rings. The van der Waals surface area contributed by atoms with Crippen molar-refractivity contribution in [3.8, 4) is 0 Å². The highest BCUT2D eigenvalue weighted by Gasteiger charge is 2.16. The van der Waals surface area contributed by atoms with Gasteiger partial charge < -0.3 is 5.32 Å². The van der Waals surface area contributed by atoms with Crippen LogP contribution in [0.2, 0.25) is 5.02 Å². The molecule has 0 amide bonds. The van der Waals surface area contributed by atoms with Gasteiger partial charge in [-0.2, -0.15) is 0 Å². The van der Waals surface area contributed by atoms with Crippen LogP contribution in [-0.2, 0) is 6.42 Å². The lowest BCUT2D eigenvalue weighted by molar-refractivity contribution is 0.528. The number of thiazole rings is 1. The van der Waals surface area contributed by atoms with E-state index in [1.54, 1.807) is 11.3 Å². The summed E-state index contributed by atoms with van der Waals surface area (Å²) in [5, 5.41) is 7.48. The van der Waals surface area contributed by atoms with Crippen molar-refractivity contribution in [3.05, 3.63) is 49.8 Å². The molecular weight excluding hydrogens is 344 g/mol. The molecule has 102 valence electrons. The molecule has 1 aromatic heterocycles. The number of aromatic nitrogens is 1. The van der Waals surface area contributed by atoms with E-state index in [-0.39, 0.29) is 6.04 Å². The summed E-state index contributed by atoms with van der Waals surface area (Å²) in [4.78, 5) is 4.36. The summed E-state index contributed by atoms with van der Waals surface area (Å²) in [5.41, 5.74) is 1.13. The number of halogens is 2. The van der Waals surface area contributed by atoms with Crippen LogP contribution in [0.5, 0.6) is 0 Å². The highest BCUT2D eigenvalue weighted by atomic mass is 79.9. The van der Waals surface area contributed by atoms with Gasteiger partial charge in [0.05, 0.1) is 5.01 Å². The van der Waals surface area contributed by atoms with E-state index in [0.29, 0.717) is 0 Å². The van der Waals surface area contributed by atoms with Crippen molar-refractivity contribution in [2.24, 2.45) is 0 Å². The van der Waals surface area contributed by atoms with E-state index in [2.05, 4.69) is 39.2 Å². The van der Waals surface area contributed by atoms with E-state index in [1.165, 1.54) is 0 Å². The Bertz CT molecular complexity index is 516. The zero-order valence-electron chi connectivity index (χ0n) is 10.7. The summed E-state index contributed by atoms with van der Waals surface area (Å²) in [7, 11) is 0. The smallest absolute Gasteiger partial charge is 0.0943 e. The summed E-state index contributed by atoms with van der Waals surface area (Å²) in [6.07, 6.45) is 3.82. The van der Waals surface area contributed by atoms with Crippen LogP contribution in [0.3, 0.4) is 0 Å². The van der Waals surface area contributed by atoms with Gasteiger partial charge in [0, 0.05) is 33.5 Å². The van der Waals surface area contributed by atoms with Crippen LogP contribution in [0.1, 0.15) is 30.0 Å². The van der Waals surface area contributed by atoms with Crippen molar-refractivity contribution >= 4 is 38.9 Å². The molecule has 0 aliphatic rings. The zero-order chi connectivity index (χ0) is 13.7. The first-order valence-corrected chi connectivity index (χ1v) is 8.32. The lowest BCUT2D eigenvalue weighted by atomic mass is 10.0. The number of benzene rings is 1. The fraction of sp³-hybridized carbons (Fsp3) is 0.357. The van der Waals surface area contributed by atoms with Crippen molar-refractivity contribution in [1.82, 2.24) is 10.3 Å². The van der Waals surface area contributed by atoms with Gasteiger partial charge in [-0.25, -0.2) is 4.98 Å². The molecule has 0 saturated heterocycles. The first-order valence-electron chi connectivity index (χ1n) is 6.27. The quantitative estimate of drug-likeness (QED) is 0.798. The Hall–Kier alpha value is -0.420. The normalized spacial score (nSPS) is 12.6. The summed E-state index contributed by atoms with van der Waals surface area (Å²) in [5.74, 6) is 0. The van der Waals surface area contributed by atoms with Crippen LogP contribution in [0.25, 0.3) is 0 Å². The van der Waals surface area contributed by atoms with Gasteiger partial charge >= 0.3 is 0 Å². The molecule has 2 nitrogen and oxygen atoms in total. The highest BCUT2D eigenvalue weighted by molar-refractivity contribution is 9.10. The SMILES string of the molecule is CCCNC(Cc1nccs1)c1ccc(Br)cc1Cl. The standard InChI is InChI=1S/C14H16BrClN2S/c1-2-5-17-13(9-14-18-6-7-19-14)11-4-3-10(15)8-12(11)16/h3-4,6-8,13,17H,2,5,9H2,1H3. The minimum Gasteiger partial charge on any atom is -0.310 e. The van der Waals surface area contributed by atoms with Gasteiger partial charge in [0.2, 0.25) is 0 Å². The lowest BCUT2D eigenvalue weighted by Gasteiger charge is -2.19. The summed E-state index contributed by atoms with van der Waals surface area (Å²) in [6.45, 7) is 3.14. The maximum absolute atomic E-state index is 6.36. The molecular formula is C14H16BrClN2S. The molecule has 0 aliphatic heterocycles. The van der Waals surface area contributed by atoms with Crippen LogP contribution in [-0.4, -0.2) is 11.5 Å². The van der Waals surface area contributed by atoms with Crippen LogP contribution in [0.4, 0.5) is 0 Å². The van der Waals surface area contributed by atoms with Crippen molar-refractivity contribution in [2.45, 2.75) is 25.8 Å². The maximum Gasteiger partial charge on any atom is 0.0943 e. The van der Waals surface area contributed by atoms with Gasteiger partial charge in [-0.15, -0.1) is 11.3 Å². The molecule has 2 rings (SSSR count). The Morgan fingerprint density at radius 1 is 1.47 bits per heavy atom. The second kappa shape index (κ2) is 7.39. The van der Waals surface area contributed by atoms with Gasteiger partial charge in [0.25, 0.3) is 0 Å². The second-order valence-electron chi connectivity index (χ2n) is 4.30. The van der Waals surface area contributed by atoms with E-state index >= 15 is 0 Å². The maximum atomic E-state index is 6.36. The minimum atomic E-state index is 0.215. The van der Waals surface area contributed by atoms with Crippen molar-refractivity contribution in [3.63, 3.8) is 0 Å². The predicted molar refractivity (Wildman–Crippen MR) is 86.0 cm³/mol. The van der Waals surface area contributed by atoms with E-state index in [4.69, 9.17) is 11.6 Å². The average molecular weight is 360 g/mol. The average Bonchev–Trinajstić information content (AvgIpc) is 2.88. The predicted octanol–water partition coefficient (Wildman–Crippen LogP) is 4.84. The molecule has 1 N–H and O–H groups in total. The number of hydrogen-bond acceptors (Lipinski definition) is 3. The zero-order valence-corrected chi connectivity index (χ0v) is 13.9. The molecule has 19 heavy (non-hydrogen) atoms. The Kier molecular flexibility index (Phi) is 5.82. The topological polar surface area (TPSA) is 24.9 Å². The van der Waals surface area contributed by atoms with Gasteiger partial charge in [-0.3, -0.25) is 0 Å². The van der Waals surface area contributed by atoms with Gasteiger partial charge in [-0.05, 0) is 30.7 Å². The molecule has 0 radical (unpaired) electrons. The first-order chi connectivity index (χ1) is 9.20. The van der Waals surface area contributed by atoms with Gasteiger partial charge in [0.15, 0.2) is 0 Å². The van der Waals surface area contributed by atoms with Crippen molar-refractivity contribution in [1.29, 1.82) is 0 Å². The van der Waals surface area contributed by atoms with Crippen molar-refractivity contribution < 1.29 is 0 Å². The van der Waals surface area contributed by atoms with Crippen LogP contribution >= 0.6 is 38.9 Å². The van der Waals surface area contributed by atoms with Gasteiger partial charge in [0.1, 0.15) is 0 Å². The monoisotopic (exact) mass is 358 g/mol. The first kappa shape index (κ1) is 15.0. The third-order valence-electron chi connectivity index (χ3n) is 2.84. The Morgan fingerprint density at radius 3 is 2.95 bits per heavy atom. The summed E-state index contributed by atoms with van der Waals surface area (Å²) < 4.78 is 1.00. The number of hydrogen-bond donors (Lipinski definition) is 1. The third-order valence-corrected chi connectivity index (χ3v) is 4.46. The second-order valence-corrected chi connectivity index (χ2v) is 6.60. The minimum absolute atomic E-state index is 0.215. The van der Waals surface area contributed by atoms with Crippen LogP contribution in [0, 0.1) is 0 Å². The molecule has 5 heteroatoms. The molecule has 1 atom stereocenters. The molecule has 0 aliphatic carbocycles. The third kappa shape index (κ3) is 4.28. The largest absolute Gasteiger partial charge is 0.310 e. The fourth-order valence-electron chi connectivity index (χ4n) is 1.92. The molecule has 1 aromatic carbocycles. The van der Waals surface area contributed by atoms with E-state index < -0.39 is 0 Å². The van der Waals surface area contributed by atoms with E-state index in [1.807, 2.05) is 23.7 Å². The van der Waals surface area contributed by atoms with Crippen LogP contribution < -0.4 is 5.32 Å². The molecule has 1 unspecified atom stereocenters. The van der Waals surface area contributed by atoms with E-state index in [9.17, 15) is 0 Å². The number of nitrogens with zero attached hydrogens (tertiary/aromatic N) is 1. The Morgan fingerprint density at radius 2 is 2.32 bits per heavy atom. The number of rotatable bonds is 6. The molecule has 0 spiro atoms. The molecule has 0 saturated carbocycles. The van der Waals surface area contributed by atoms with Gasteiger partial charge in [-0.1, -0.05) is 40.5 Å². The van der Waals surface area contributed by atoms with Crippen molar-refractivity contribution in [2.75, 3.05) is 6.54 Å². The number of nitrogens with one attached hydrogen (secondary N) is 1. The Balaban J connectivity index is 2.20. The molecule has 2 aromatic rings. The Labute approximate surface area is 131 Å². The van der Waals surface area contributed by atoms with E-state index in [0.717, 1.165) is 39.5 Å². The highest BCUT2D eigenvalue weighted by Crippen LogP contribution is 2.29. The fourth-order valence-corrected chi connectivity index (χ4v) is 3.39. The lowest BCUT2D eigenvalue weighted by Crippen LogP contribution is -2.24. The molecule has 0 bridgehead atoms. The summed E-state index contributed by atoms with van der Waals surface area (Å²) >= 11 is 11.5. The summed E-state index contributed by atoms with van der Waals surface area (Å²) in [6, 6.07) is 6.27. The molecule has 1 heterocycles. The van der Waals surface area contributed by atoms with Crippen LogP contribution in [0.15, 0.2) is 34.2 Å².